The minimum absolute atomic E-state index is 0.103. The van der Waals surface area contributed by atoms with Crippen molar-refractivity contribution in [2.24, 2.45) is 0 Å². The average molecular weight is 249 g/mol. The summed E-state index contributed by atoms with van der Waals surface area (Å²) < 4.78 is 0. The quantitative estimate of drug-likeness (QED) is 0.668. The zero-order valence-electron chi connectivity index (χ0n) is 8.49. The average Bonchev–Trinajstić information content (AvgIpc) is 2.79. The van der Waals surface area contributed by atoms with Crippen molar-refractivity contribution in [3.05, 3.63) is 52.2 Å². The van der Waals surface area contributed by atoms with Crippen LogP contribution < -0.4 is 5.32 Å². The number of hydrogen-bond donors (Lipinski definition) is 1. The van der Waals surface area contributed by atoms with E-state index >= 15 is 0 Å². The highest BCUT2D eigenvalue weighted by atomic mass is 32.1. The summed E-state index contributed by atoms with van der Waals surface area (Å²) in [6.07, 6.45) is 1.12. The Kier molecular flexibility index (Phi) is 3.10. The molecule has 86 valence electrons. The van der Waals surface area contributed by atoms with E-state index in [-0.39, 0.29) is 16.0 Å². The topological polar surface area (TPSA) is 85.1 Å². The molecular weight excluding hydrogens is 242 g/mol. The summed E-state index contributed by atoms with van der Waals surface area (Å²) in [7, 11) is 0. The molecule has 0 atom stereocenters. The van der Waals surface area contributed by atoms with Crippen molar-refractivity contribution in [2.45, 2.75) is 0 Å². The first-order valence-corrected chi connectivity index (χ1v) is 5.45. The molecule has 2 rings (SSSR count). The Bertz CT molecular complexity index is 553. The SMILES string of the molecule is O=C(Nc1ncc([N+](=O)[O-])s1)c1ccccc1. The van der Waals surface area contributed by atoms with Gasteiger partial charge in [0.25, 0.3) is 5.91 Å². The number of nitro groups is 1. The summed E-state index contributed by atoms with van der Waals surface area (Å²) >= 11 is 0.822. The van der Waals surface area contributed by atoms with Gasteiger partial charge in [-0.05, 0) is 23.5 Å². The summed E-state index contributed by atoms with van der Waals surface area (Å²) in [6, 6.07) is 8.57. The van der Waals surface area contributed by atoms with E-state index in [2.05, 4.69) is 10.3 Å². The Labute approximate surface area is 100 Å². The lowest BCUT2D eigenvalue weighted by molar-refractivity contribution is -0.380. The minimum Gasteiger partial charge on any atom is -0.298 e. The number of nitrogens with one attached hydrogen (secondary N) is 1. The van der Waals surface area contributed by atoms with E-state index in [9.17, 15) is 14.9 Å². The van der Waals surface area contributed by atoms with Gasteiger partial charge < -0.3 is 0 Å². The van der Waals surface area contributed by atoms with Crippen LogP contribution in [-0.4, -0.2) is 15.8 Å². The summed E-state index contributed by atoms with van der Waals surface area (Å²) in [6.45, 7) is 0. The van der Waals surface area contributed by atoms with Gasteiger partial charge in [-0.15, -0.1) is 0 Å². The number of carbonyl (C=O) groups is 1. The predicted molar refractivity (Wildman–Crippen MR) is 63.2 cm³/mol. The molecule has 1 aromatic heterocycles. The van der Waals surface area contributed by atoms with Crippen LogP contribution in [0.2, 0.25) is 0 Å². The fourth-order valence-electron chi connectivity index (χ4n) is 1.17. The maximum atomic E-state index is 11.7. The lowest BCUT2D eigenvalue weighted by atomic mass is 10.2. The van der Waals surface area contributed by atoms with Gasteiger partial charge in [-0.2, -0.15) is 0 Å². The van der Waals surface area contributed by atoms with Gasteiger partial charge in [0.05, 0.1) is 4.92 Å². The summed E-state index contributed by atoms with van der Waals surface area (Å²) in [5, 5.41) is 13.0. The molecule has 0 bridgehead atoms. The summed E-state index contributed by atoms with van der Waals surface area (Å²) in [4.78, 5) is 25.3. The second-order valence-corrected chi connectivity index (χ2v) is 4.09. The third-order valence-corrected chi connectivity index (χ3v) is 2.79. The number of rotatable bonds is 3. The van der Waals surface area contributed by atoms with E-state index in [4.69, 9.17) is 0 Å². The zero-order chi connectivity index (χ0) is 12.3. The van der Waals surface area contributed by atoms with Crippen molar-refractivity contribution in [1.29, 1.82) is 0 Å². The van der Waals surface area contributed by atoms with E-state index in [0.717, 1.165) is 17.5 Å². The molecule has 1 N–H and O–H groups in total. The van der Waals surface area contributed by atoms with E-state index < -0.39 is 4.92 Å². The molecule has 1 amide bonds. The highest BCUT2D eigenvalue weighted by molar-refractivity contribution is 7.18. The third kappa shape index (κ3) is 2.64. The first kappa shape index (κ1) is 11.2. The Morgan fingerprint density at radius 3 is 2.65 bits per heavy atom. The van der Waals surface area contributed by atoms with Gasteiger partial charge in [0, 0.05) is 5.56 Å². The van der Waals surface area contributed by atoms with E-state index in [1.807, 2.05) is 0 Å². The van der Waals surface area contributed by atoms with E-state index in [1.54, 1.807) is 30.3 Å². The molecule has 0 radical (unpaired) electrons. The van der Waals surface area contributed by atoms with Crippen LogP contribution in [-0.2, 0) is 0 Å². The molecule has 0 saturated carbocycles. The molecule has 0 saturated heterocycles. The Balaban J connectivity index is 2.11. The minimum atomic E-state index is -0.546. The van der Waals surface area contributed by atoms with Crippen LogP contribution in [0.5, 0.6) is 0 Å². The second kappa shape index (κ2) is 4.71. The van der Waals surface area contributed by atoms with Gasteiger partial charge in [-0.3, -0.25) is 20.2 Å². The number of nitrogens with zero attached hydrogens (tertiary/aromatic N) is 2. The zero-order valence-corrected chi connectivity index (χ0v) is 9.31. The monoisotopic (exact) mass is 249 g/mol. The van der Waals surface area contributed by atoms with Gasteiger partial charge in [-0.1, -0.05) is 18.2 Å². The fourth-order valence-corrected chi connectivity index (χ4v) is 1.79. The first-order valence-electron chi connectivity index (χ1n) is 4.63. The fraction of sp³-hybridized carbons (Fsp3) is 0. The molecule has 0 aliphatic carbocycles. The Hall–Kier alpha value is -2.28. The molecule has 0 fully saturated rings. The summed E-state index contributed by atoms with van der Waals surface area (Å²) in [5.74, 6) is -0.338. The second-order valence-electron chi connectivity index (χ2n) is 3.08. The lowest BCUT2D eigenvalue weighted by Gasteiger charge is -1.99. The number of hydrogen-bond acceptors (Lipinski definition) is 5. The van der Waals surface area contributed by atoms with Crippen LogP contribution >= 0.6 is 11.3 Å². The smallest absolute Gasteiger partial charge is 0.298 e. The molecule has 6 nitrogen and oxygen atoms in total. The molecule has 1 heterocycles. The lowest BCUT2D eigenvalue weighted by Crippen LogP contribution is -2.11. The normalized spacial score (nSPS) is 9.88. The van der Waals surface area contributed by atoms with Crippen LogP contribution in [0.1, 0.15) is 10.4 Å². The number of amides is 1. The molecule has 0 aliphatic rings. The van der Waals surface area contributed by atoms with Gasteiger partial charge in [-0.25, -0.2) is 4.98 Å². The molecule has 2 aromatic rings. The number of thiazole rings is 1. The van der Waals surface area contributed by atoms with Crippen LogP contribution in [0.4, 0.5) is 10.1 Å². The van der Waals surface area contributed by atoms with Crippen molar-refractivity contribution < 1.29 is 9.72 Å². The van der Waals surface area contributed by atoms with Crippen molar-refractivity contribution in [3.8, 4) is 0 Å². The molecule has 1 aromatic carbocycles. The molecule has 0 aliphatic heterocycles. The summed E-state index contributed by atoms with van der Waals surface area (Å²) in [5.41, 5.74) is 0.477. The van der Waals surface area contributed by atoms with Crippen molar-refractivity contribution in [1.82, 2.24) is 4.98 Å². The predicted octanol–water partition coefficient (Wildman–Crippen LogP) is 2.30. The number of carbonyl (C=O) groups excluding carboxylic acids is 1. The number of anilines is 1. The van der Waals surface area contributed by atoms with Gasteiger partial charge in [0.1, 0.15) is 6.20 Å². The first-order chi connectivity index (χ1) is 8.16. The highest BCUT2D eigenvalue weighted by Crippen LogP contribution is 2.25. The van der Waals surface area contributed by atoms with Gasteiger partial charge >= 0.3 is 5.00 Å². The standard InChI is InChI=1S/C10H7N3O3S/c14-9(7-4-2-1-3-5-7)12-10-11-6-8(17-10)13(15)16/h1-6H,(H,11,12,14). The third-order valence-electron chi connectivity index (χ3n) is 1.93. The molecule has 0 unspecified atom stereocenters. The molecule has 0 spiro atoms. The van der Waals surface area contributed by atoms with Gasteiger partial charge in [0.15, 0.2) is 5.13 Å². The van der Waals surface area contributed by atoms with Crippen LogP contribution in [0.15, 0.2) is 36.5 Å². The van der Waals surface area contributed by atoms with Crippen molar-refractivity contribution >= 4 is 27.4 Å². The maximum absolute atomic E-state index is 11.7. The van der Waals surface area contributed by atoms with Crippen molar-refractivity contribution in [3.63, 3.8) is 0 Å². The van der Waals surface area contributed by atoms with Crippen LogP contribution in [0.3, 0.4) is 0 Å². The highest BCUT2D eigenvalue weighted by Gasteiger charge is 2.13. The number of aromatic nitrogens is 1. The van der Waals surface area contributed by atoms with Crippen molar-refractivity contribution in [2.75, 3.05) is 5.32 Å². The largest absolute Gasteiger partial charge is 0.345 e. The van der Waals surface area contributed by atoms with E-state index in [1.165, 1.54) is 0 Å². The van der Waals surface area contributed by atoms with Crippen LogP contribution in [0.25, 0.3) is 0 Å². The Morgan fingerprint density at radius 2 is 2.06 bits per heavy atom. The van der Waals surface area contributed by atoms with Gasteiger partial charge in [0.2, 0.25) is 0 Å². The Morgan fingerprint density at radius 1 is 1.35 bits per heavy atom. The molecule has 7 heteroatoms. The van der Waals surface area contributed by atoms with Crippen LogP contribution in [0, 0.1) is 10.1 Å². The molecule has 17 heavy (non-hydrogen) atoms. The van der Waals surface area contributed by atoms with E-state index in [0.29, 0.717) is 5.56 Å². The molecular formula is C10H7N3O3S. The maximum Gasteiger partial charge on any atom is 0.345 e. The number of benzene rings is 1.